The zero-order valence-electron chi connectivity index (χ0n) is 20.4. The van der Waals surface area contributed by atoms with E-state index >= 15 is 0 Å². The molecule has 5 rings (SSSR count). The Labute approximate surface area is 240 Å². The van der Waals surface area contributed by atoms with E-state index in [1.165, 1.54) is 16.9 Å². The molecular formula is C26H31N4O4SY-. The Morgan fingerprint density at radius 2 is 2.03 bits per heavy atom. The van der Waals surface area contributed by atoms with Gasteiger partial charge in [0.25, 0.3) is 5.91 Å². The number of aryl methyl sites for hydroxylation is 1. The van der Waals surface area contributed by atoms with E-state index in [1.807, 2.05) is 37.3 Å². The van der Waals surface area contributed by atoms with Crippen LogP contribution in [-0.4, -0.2) is 55.0 Å². The van der Waals surface area contributed by atoms with Gasteiger partial charge in [-0.15, -0.1) is 23.6 Å². The summed E-state index contributed by atoms with van der Waals surface area (Å²) in [5.74, 6) is 0.424. The van der Waals surface area contributed by atoms with Crippen LogP contribution in [0.3, 0.4) is 0 Å². The average Bonchev–Trinajstić information content (AvgIpc) is 3.33. The fourth-order valence-corrected chi connectivity index (χ4v) is 4.30. The largest absolute Gasteiger partial charge is 0.684 e. The molecule has 2 aromatic carbocycles. The van der Waals surface area contributed by atoms with E-state index in [0.29, 0.717) is 42.8 Å². The summed E-state index contributed by atoms with van der Waals surface area (Å²) in [5.41, 5.74) is 10.2. The molecule has 8 nitrogen and oxygen atoms in total. The quantitative estimate of drug-likeness (QED) is 0.320. The van der Waals surface area contributed by atoms with E-state index in [1.54, 1.807) is 6.07 Å². The SMILES string of the molecule is Cc1sc(C(=O)Nc2cccc(OCCOCCN)c2)nc1-c1ccc2c(c1)CC[N-]2.OC1CC1.[Y]. The van der Waals surface area contributed by atoms with Gasteiger partial charge in [-0.25, -0.2) is 4.98 Å². The van der Waals surface area contributed by atoms with Crippen LogP contribution >= 0.6 is 11.3 Å². The number of hydrogen-bond acceptors (Lipinski definition) is 7. The molecule has 0 spiro atoms. The van der Waals surface area contributed by atoms with E-state index in [9.17, 15) is 4.79 Å². The second-order valence-electron chi connectivity index (χ2n) is 8.36. The van der Waals surface area contributed by atoms with Gasteiger partial charge in [-0.1, -0.05) is 29.8 Å². The van der Waals surface area contributed by atoms with Crippen LogP contribution in [0.25, 0.3) is 16.6 Å². The van der Waals surface area contributed by atoms with Gasteiger partial charge in [-0.2, -0.15) is 0 Å². The van der Waals surface area contributed by atoms with Gasteiger partial charge in [0.1, 0.15) is 12.4 Å². The number of aromatic nitrogens is 1. The number of aliphatic hydroxyl groups is 1. The fraction of sp³-hybridized carbons (Fsp3) is 0.385. The number of thiazole rings is 1. The predicted molar refractivity (Wildman–Crippen MR) is 139 cm³/mol. The number of carbonyl (C=O) groups excluding carboxylic acids is 1. The number of amides is 1. The molecule has 36 heavy (non-hydrogen) atoms. The molecule has 2 aliphatic rings. The number of fused-ring (bicyclic) bond motifs is 1. The van der Waals surface area contributed by atoms with Crippen molar-refractivity contribution in [2.45, 2.75) is 32.3 Å². The van der Waals surface area contributed by atoms with Crippen LogP contribution in [0.4, 0.5) is 11.4 Å². The molecule has 2 heterocycles. The zero-order valence-corrected chi connectivity index (χ0v) is 24.1. The van der Waals surface area contributed by atoms with Gasteiger partial charge >= 0.3 is 0 Å². The number of anilines is 1. The molecule has 1 saturated carbocycles. The molecule has 1 radical (unpaired) electrons. The van der Waals surface area contributed by atoms with Gasteiger partial charge in [-0.3, -0.25) is 4.79 Å². The molecule has 189 valence electrons. The summed E-state index contributed by atoms with van der Waals surface area (Å²) in [4.78, 5) is 18.4. The fourth-order valence-electron chi connectivity index (χ4n) is 3.47. The number of nitrogens with one attached hydrogen (secondary N) is 1. The standard InChI is InChI=1S/C23H25N4O3S.C3H6O.Y/c1-15-21(17-5-6-20-16(13-17)7-9-25-20)27-23(31-15)22(28)26-18-3-2-4-19(14-18)30-12-11-29-10-8-24;4-3-1-2-3;/h2-6,13-14H,7-12,24H2,1H3,(H,26,28);3-4H,1-2H2;/q-1;;. The molecule has 1 aromatic heterocycles. The van der Waals surface area contributed by atoms with Crippen molar-refractivity contribution in [1.82, 2.24) is 4.98 Å². The van der Waals surface area contributed by atoms with Crippen LogP contribution in [0.1, 0.15) is 33.1 Å². The van der Waals surface area contributed by atoms with Crippen molar-refractivity contribution in [3.05, 3.63) is 63.2 Å². The number of nitrogens with zero attached hydrogens (tertiary/aromatic N) is 2. The molecule has 1 amide bonds. The van der Waals surface area contributed by atoms with Crippen LogP contribution in [0, 0.1) is 6.92 Å². The van der Waals surface area contributed by atoms with Crippen LogP contribution in [0.2, 0.25) is 0 Å². The summed E-state index contributed by atoms with van der Waals surface area (Å²) in [6.45, 7) is 4.71. The third kappa shape index (κ3) is 8.33. The number of rotatable bonds is 9. The Morgan fingerprint density at radius 3 is 2.78 bits per heavy atom. The number of nitrogens with two attached hydrogens (primary N) is 1. The second kappa shape index (κ2) is 14.2. The van der Waals surface area contributed by atoms with Crippen molar-refractivity contribution < 1.29 is 52.1 Å². The molecular weight excluding hydrogens is 553 g/mol. The molecule has 10 heteroatoms. The zero-order chi connectivity index (χ0) is 24.6. The summed E-state index contributed by atoms with van der Waals surface area (Å²) in [6, 6.07) is 13.5. The van der Waals surface area contributed by atoms with Crippen molar-refractivity contribution in [3.63, 3.8) is 0 Å². The molecule has 3 aromatic rings. The number of ether oxygens (including phenoxy) is 2. The molecule has 4 N–H and O–H groups in total. The van der Waals surface area contributed by atoms with Crippen molar-refractivity contribution in [1.29, 1.82) is 0 Å². The summed E-state index contributed by atoms with van der Waals surface area (Å²) >= 11 is 1.39. The molecule has 1 aliphatic carbocycles. The van der Waals surface area contributed by atoms with E-state index in [0.717, 1.165) is 47.6 Å². The number of aliphatic hydroxyl groups excluding tert-OH is 1. The van der Waals surface area contributed by atoms with Gasteiger partial charge in [-0.05, 0) is 38.3 Å². The first-order chi connectivity index (χ1) is 17.0. The van der Waals surface area contributed by atoms with E-state index in [4.69, 9.17) is 20.3 Å². The summed E-state index contributed by atoms with van der Waals surface area (Å²) in [7, 11) is 0. The van der Waals surface area contributed by atoms with Crippen molar-refractivity contribution in [2.24, 2.45) is 5.73 Å². The topological polar surface area (TPSA) is 121 Å². The maximum absolute atomic E-state index is 12.8. The monoisotopic (exact) mass is 584 g/mol. The molecule has 0 bridgehead atoms. The first-order valence-corrected chi connectivity index (χ1v) is 12.6. The van der Waals surface area contributed by atoms with E-state index in [-0.39, 0.29) is 44.7 Å². The minimum absolute atomic E-state index is 0. The van der Waals surface area contributed by atoms with E-state index in [2.05, 4.69) is 21.7 Å². The maximum Gasteiger partial charge on any atom is 0.284 e. The average molecular weight is 585 g/mol. The Morgan fingerprint density at radius 1 is 1.22 bits per heavy atom. The molecule has 1 fully saturated rings. The summed E-state index contributed by atoms with van der Waals surface area (Å²) in [6.07, 6.45) is 3.12. The van der Waals surface area contributed by atoms with Crippen molar-refractivity contribution >= 4 is 28.6 Å². The maximum atomic E-state index is 12.8. The molecule has 0 atom stereocenters. The van der Waals surface area contributed by atoms with Crippen LogP contribution < -0.4 is 15.8 Å². The molecule has 0 unspecified atom stereocenters. The third-order valence-corrected chi connectivity index (χ3v) is 6.37. The first-order valence-electron chi connectivity index (χ1n) is 11.8. The number of hydrogen-bond donors (Lipinski definition) is 3. The normalized spacial score (nSPS) is 13.5. The minimum Gasteiger partial charge on any atom is -0.684 e. The Balaban J connectivity index is 0.000000658. The van der Waals surface area contributed by atoms with Gasteiger partial charge in [0.05, 0.1) is 25.0 Å². The van der Waals surface area contributed by atoms with Crippen molar-refractivity contribution in [3.8, 4) is 17.0 Å². The minimum atomic E-state index is -0.237. The van der Waals surface area contributed by atoms with Gasteiger partial charge in [0.2, 0.25) is 0 Å². The Hall–Kier alpha value is -1.88. The van der Waals surface area contributed by atoms with Crippen LogP contribution in [-0.2, 0) is 43.9 Å². The Kier molecular flexibility index (Phi) is 11.3. The van der Waals surface area contributed by atoms with Crippen LogP contribution in [0.15, 0.2) is 42.5 Å². The summed E-state index contributed by atoms with van der Waals surface area (Å²) < 4.78 is 11.0. The van der Waals surface area contributed by atoms with Gasteiger partial charge in [0, 0.05) is 61.4 Å². The molecule has 1 aliphatic heterocycles. The molecule has 0 saturated heterocycles. The van der Waals surface area contributed by atoms with Crippen LogP contribution in [0.5, 0.6) is 5.75 Å². The van der Waals surface area contributed by atoms with E-state index < -0.39 is 0 Å². The van der Waals surface area contributed by atoms with Gasteiger partial charge < -0.3 is 30.9 Å². The summed E-state index contributed by atoms with van der Waals surface area (Å²) in [5, 5.41) is 16.0. The van der Waals surface area contributed by atoms with Gasteiger partial charge in [0.15, 0.2) is 5.01 Å². The third-order valence-electron chi connectivity index (χ3n) is 5.40. The number of carbonyl (C=O) groups is 1. The Bertz CT molecular complexity index is 1150. The first kappa shape index (κ1) is 28.7. The number of benzene rings is 2. The predicted octanol–water partition coefficient (Wildman–Crippen LogP) is 4.42. The smallest absolute Gasteiger partial charge is 0.284 e. The second-order valence-corrected chi connectivity index (χ2v) is 9.56. The van der Waals surface area contributed by atoms with Crippen molar-refractivity contribution in [2.75, 3.05) is 38.2 Å².